The molecule has 0 aromatic rings. The maximum absolute atomic E-state index is 9.32. The van der Waals surface area contributed by atoms with Gasteiger partial charge in [-0.2, -0.15) is 0 Å². The van der Waals surface area contributed by atoms with Crippen LogP contribution < -0.4 is 19.6 Å². The monoisotopic (exact) mass is 334 g/mol. The maximum Gasteiger partial charge on any atom is 2.00 e. The van der Waals surface area contributed by atoms with Gasteiger partial charge in [0.15, 0.2) is 0 Å². The van der Waals surface area contributed by atoms with Gasteiger partial charge in [0, 0.05) is 0 Å². The van der Waals surface area contributed by atoms with Gasteiger partial charge in [0.1, 0.15) is 0 Å². The SMILES string of the molecule is O.O.O.O=P([O-])([O-])OP(=O)([O-])[O-].[Ca+2].[Ca+2].[MgH2]. The molecular formula is H8Ca2MgO10P2. The molecular weight excluding hydrogens is 326 g/mol. The van der Waals surface area contributed by atoms with Gasteiger partial charge in [0.05, 0.1) is 15.6 Å². The summed E-state index contributed by atoms with van der Waals surface area (Å²) in [5.74, 6) is 0. The van der Waals surface area contributed by atoms with Crippen LogP contribution >= 0.6 is 15.6 Å². The Morgan fingerprint density at radius 1 is 0.733 bits per heavy atom. The molecule has 0 aliphatic carbocycles. The normalized spacial score (nSPS) is 8.27. The zero-order chi connectivity index (χ0) is 7.71. The molecule has 0 fully saturated rings. The van der Waals surface area contributed by atoms with Crippen molar-refractivity contribution in [2.24, 2.45) is 0 Å². The fourth-order valence-corrected chi connectivity index (χ4v) is 1.10. The van der Waals surface area contributed by atoms with E-state index in [0.717, 1.165) is 0 Å². The summed E-state index contributed by atoms with van der Waals surface area (Å²) in [7, 11) is -11.4. The molecule has 0 saturated heterocycles. The van der Waals surface area contributed by atoms with Crippen molar-refractivity contribution in [1.82, 2.24) is 0 Å². The zero-order valence-corrected chi connectivity index (χ0v) is 12.9. The van der Waals surface area contributed by atoms with Crippen LogP contribution in [0.5, 0.6) is 0 Å². The molecule has 0 bridgehead atoms. The van der Waals surface area contributed by atoms with Crippen LogP contribution in [0.25, 0.3) is 0 Å². The second-order valence-corrected chi connectivity index (χ2v) is 3.42. The number of rotatable bonds is 2. The summed E-state index contributed by atoms with van der Waals surface area (Å²) in [6.07, 6.45) is 0. The molecule has 84 valence electrons. The number of hydrogen-bond donors (Lipinski definition) is 0. The molecule has 15 heteroatoms. The third kappa shape index (κ3) is 46.7. The van der Waals surface area contributed by atoms with E-state index in [2.05, 4.69) is 4.31 Å². The first kappa shape index (κ1) is 42.9. The van der Waals surface area contributed by atoms with Crippen molar-refractivity contribution in [3.8, 4) is 0 Å². The minimum atomic E-state index is -5.68. The molecule has 0 aliphatic heterocycles. The Balaban J connectivity index is -0.0000000213. The molecule has 0 aliphatic rings. The van der Waals surface area contributed by atoms with Gasteiger partial charge < -0.3 is 49.4 Å². The van der Waals surface area contributed by atoms with E-state index in [0.29, 0.717) is 0 Å². The molecule has 15 heavy (non-hydrogen) atoms. The molecule has 0 aromatic carbocycles. The van der Waals surface area contributed by atoms with Crippen molar-refractivity contribution in [3.63, 3.8) is 0 Å². The smallest absolute Gasteiger partial charge is 0.790 e. The number of hydrogen-bond acceptors (Lipinski definition) is 7. The molecule has 0 saturated carbocycles. The Morgan fingerprint density at radius 3 is 0.867 bits per heavy atom. The minimum Gasteiger partial charge on any atom is -0.790 e. The Kier molecular flexibility index (Phi) is 49.8. The average Bonchev–Trinajstić information content (AvgIpc) is 1.14. The van der Waals surface area contributed by atoms with Crippen LogP contribution in [0.2, 0.25) is 0 Å². The van der Waals surface area contributed by atoms with Gasteiger partial charge in [-0.05, 0) is 0 Å². The summed E-state index contributed by atoms with van der Waals surface area (Å²) in [5, 5.41) is 0. The zero-order valence-electron chi connectivity index (χ0n) is 6.67. The summed E-state index contributed by atoms with van der Waals surface area (Å²) < 4.78 is 21.2. The fraction of sp³-hybridized carbons (Fsp3) is 0. The largest absolute Gasteiger partial charge is 2.00 e. The molecule has 0 atom stereocenters. The standard InChI is InChI=1S/2Ca.Mg.H4O7P2.3H2O.2H/c;;;1-8(2,3)7-9(4,5)6;;;;;/h;;;(H2,1,2,3)(H2,4,5,6);3*1H2;;/q2*+2;;;;;;;/p-4. The van der Waals surface area contributed by atoms with E-state index in [1.165, 1.54) is 0 Å². The Labute approximate surface area is 161 Å². The molecule has 0 rings (SSSR count). The second kappa shape index (κ2) is 17.4. The molecule has 0 amide bonds. The maximum atomic E-state index is 9.32. The van der Waals surface area contributed by atoms with Crippen LogP contribution in [0.4, 0.5) is 0 Å². The van der Waals surface area contributed by atoms with Crippen LogP contribution in [0.3, 0.4) is 0 Å². The third-order valence-electron chi connectivity index (χ3n) is 0.200. The van der Waals surface area contributed by atoms with Crippen molar-refractivity contribution >= 4 is 114 Å². The van der Waals surface area contributed by atoms with E-state index in [-0.39, 0.29) is 115 Å². The Bertz CT molecular complexity index is 162. The molecule has 0 radical (unpaired) electrons. The Hall–Kier alpha value is 3.43. The summed E-state index contributed by atoms with van der Waals surface area (Å²) >= 11 is 0. The van der Waals surface area contributed by atoms with Crippen LogP contribution in [0.15, 0.2) is 0 Å². The van der Waals surface area contributed by atoms with Gasteiger partial charge in [-0.25, -0.2) is 0 Å². The van der Waals surface area contributed by atoms with Crippen molar-refractivity contribution in [2.75, 3.05) is 0 Å². The van der Waals surface area contributed by atoms with Gasteiger partial charge >= 0.3 is 98.5 Å². The predicted octanol–water partition coefficient (Wildman–Crippen LogP) is -7.49. The van der Waals surface area contributed by atoms with Gasteiger partial charge in [-0.3, -0.25) is 0 Å². The topological polar surface area (TPSA) is 230 Å². The number of phosphoric acid groups is 2. The first-order chi connectivity index (χ1) is 3.71. The summed E-state index contributed by atoms with van der Waals surface area (Å²) in [6, 6.07) is 0. The van der Waals surface area contributed by atoms with E-state index in [1.807, 2.05) is 0 Å². The van der Waals surface area contributed by atoms with Gasteiger partial charge in [0.25, 0.3) is 0 Å². The van der Waals surface area contributed by atoms with E-state index in [1.54, 1.807) is 0 Å². The summed E-state index contributed by atoms with van der Waals surface area (Å²) in [5.41, 5.74) is 0. The van der Waals surface area contributed by atoms with Crippen molar-refractivity contribution < 1.29 is 49.4 Å². The molecule has 0 unspecified atom stereocenters. The van der Waals surface area contributed by atoms with Gasteiger partial charge in [0.2, 0.25) is 0 Å². The first-order valence-corrected chi connectivity index (χ1v) is 4.38. The Morgan fingerprint density at radius 2 is 0.867 bits per heavy atom. The predicted molar refractivity (Wildman–Crippen MR) is 47.2 cm³/mol. The van der Waals surface area contributed by atoms with Crippen LogP contribution in [-0.4, -0.2) is 115 Å². The van der Waals surface area contributed by atoms with Crippen molar-refractivity contribution in [3.05, 3.63) is 0 Å². The molecule has 10 nitrogen and oxygen atoms in total. The summed E-state index contributed by atoms with van der Waals surface area (Å²) in [4.78, 5) is 37.3. The fourth-order valence-electron chi connectivity index (χ4n) is 0.122. The van der Waals surface area contributed by atoms with Crippen molar-refractivity contribution in [2.45, 2.75) is 0 Å². The van der Waals surface area contributed by atoms with Crippen molar-refractivity contribution in [1.29, 1.82) is 0 Å². The summed E-state index contributed by atoms with van der Waals surface area (Å²) in [6.45, 7) is 0. The van der Waals surface area contributed by atoms with Gasteiger partial charge in [-0.1, -0.05) is 0 Å². The second-order valence-electron chi connectivity index (χ2n) is 0.976. The molecule has 6 N–H and O–H groups in total. The van der Waals surface area contributed by atoms with E-state index in [4.69, 9.17) is 0 Å². The van der Waals surface area contributed by atoms with E-state index < -0.39 is 15.6 Å². The van der Waals surface area contributed by atoms with Gasteiger partial charge in [-0.15, -0.1) is 0 Å². The molecule has 0 heterocycles. The molecule has 0 spiro atoms. The molecule has 0 aromatic heterocycles. The quantitative estimate of drug-likeness (QED) is 0.349. The van der Waals surface area contributed by atoms with E-state index in [9.17, 15) is 28.7 Å². The van der Waals surface area contributed by atoms with Crippen LogP contribution in [0, 0.1) is 0 Å². The van der Waals surface area contributed by atoms with Crippen LogP contribution in [-0.2, 0) is 13.4 Å². The van der Waals surface area contributed by atoms with E-state index >= 15 is 0 Å². The minimum absolute atomic E-state index is 0. The van der Waals surface area contributed by atoms with Crippen LogP contribution in [0.1, 0.15) is 0 Å². The average molecular weight is 334 g/mol. The first-order valence-electron chi connectivity index (χ1n) is 1.46. The third-order valence-corrected chi connectivity index (χ3v) is 1.80.